The van der Waals surface area contributed by atoms with Crippen molar-refractivity contribution in [2.24, 2.45) is 4.99 Å². The number of nitrogens with one attached hydrogen (secondary N) is 2. The minimum absolute atomic E-state index is 0.469. The lowest BCUT2D eigenvalue weighted by Crippen LogP contribution is -2.47. The van der Waals surface area contributed by atoms with Crippen molar-refractivity contribution in [3.63, 3.8) is 0 Å². The number of hydrogen-bond donors (Lipinski definition) is 2. The summed E-state index contributed by atoms with van der Waals surface area (Å²) >= 11 is 0. The van der Waals surface area contributed by atoms with Crippen LogP contribution in [0.15, 0.2) is 35.3 Å². The minimum Gasteiger partial charge on any atom is -0.357 e. The molecule has 1 fully saturated rings. The molecule has 2 rings (SSSR count). The number of rotatable bonds is 7. The minimum atomic E-state index is 0.469. The molecule has 5 heteroatoms. The Morgan fingerprint density at radius 3 is 2.80 bits per heavy atom. The van der Waals surface area contributed by atoms with Gasteiger partial charge in [-0.1, -0.05) is 36.3 Å². The number of piperazine rings is 1. The molecular weight excluding hydrogens is 310 g/mol. The molecule has 1 aromatic carbocycles. The van der Waals surface area contributed by atoms with E-state index in [1.165, 1.54) is 5.56 Å². The second-order valence-electron chi connectivity index (χ2n) is 6.40. The van der Waals surface area contributed by atoms with Crippen molar-refractivity contribution in [1.29, 1.82) is 0 Å². The standard InChI is InChI=1S/C20H31N5/c1-4-12-22-20(21-5-2)23-13-9-14-25-16-15-24(3)17-19(25)18-10-7-6-8-11-18/h1,6-8,10-11,19H,5,9,12-17H2,2-3H3,(H2,21,22,23). The Kier molecular flexibility index (Phi) is 8.30. The van der Waals surface area contributed by atoms with Gasteiger partial charge in [-0.2, -0.15) is 0 Å². The monoisotopic (exact) mass is 341 g/mol. The molecule has 136 valence electrons. The number of hydrogen-bond acceptors (Lipinski definition) is 3. The second-order valence-corrected chi connectivity index (χ2v) is 6.40. The van der Waals surface area contributed by atoms with E-state index in [-0.39, 0.29) is 0 Å². The number of benzene rings is 1. The van der Waals surface area contributed by atoms with Gasteiger partial charge < -0.3 is 15.5 Å². The Bertz CT molecular complexity index is 563. The average molecular weight is 342 g/mol. The number of terminal acetylenes is 1. The smallest absolute Gasteiger partial charge is 0.192 e. The maximum absolute atomic E-state index is 5.30. The first kappa shape index (κ1) is 19.3. The van der Waals surface area contributed by atoms with Crippen LogP contribution in [0.1, 0.15) is 24.9 Å². The maximum atomic E-state index is 5.30. The number of guanidine groups is 1. The van der Waals surface area contributed by atoms with E-state index in [0.29, 0.717) is 12.6 Å². The Balaban J connectivity index is 1.88. The van der Waals surface area contributed by atoms with Gasteiger partial charge in [0.15, 0.2) is 5.96 Å². The van der Waals surface area contributed by atoms with Crippen molar-refractivity contribution in [1.82, 2.24) is 20.4 Å². The van der Waals surface area contributed by atoms with E-state index >= 15 is 0 Å². The second kappa shape index (κ2) is 10.8. The Labute approximate surface area is 152 Å². The van der Waals surface area contributed by atoms with E-state index < -0.39 is 0 Å². The predicted molar refractivity (Wildman–Crippen MR) is 106 cm³/mol. The van der Waals surface area contributed by atoms with Gasteiger partial charge in [0.2, 0.25) is 0 Å². The normalized spacial score (nSPS) is 19.4. The summed E-state index contributed by atoms with van der Waals surface area (Å²) in [6, 6.07) is 11.3. The summed E-state index contributed by atoms with van der Waals surface area (Å²) in [5, 5.41) is 6.35. The Morgan fingerprint density at radius 2 is 2.08 bits per heavy atom. The molecule has 1 aliphatic rings. The maximum Gasteiger partial charge on any atom is 0.192 e. The highest BCUT2D eigenvalue weighted by Crippen LogP contribution is 2.24. The van der Waals surface area contributed by atoms with Crippen molar-refractivity contribution >= 4 is 5.96 Å². The van der Waals surface area contributed by atoms with Gasteiger partial charge in [0, 0.05) is 45.3 Å². The zero-order chi connectivity index (χ0) is 17.9. The summed E-state index contributed by atoms with van der Waals surface area (Å²) in [7, 11) is 2.21. The van der Waals surface area contributed by atoms with Crippen molar-refractivity contribution in [3.05, 3.63) is 35.9 Å². The lowest BCUT2D eigenvalue weighted by Gasteiger charge is -2.40. The fourth-order valence-corrected chi connectivity index (χ4v) is 3.16. The molecule has 1 unspecified atom stereocenters. The topological polar surface area (TPSA) is 42.9 Å². The number of nitrogens with zero attached hydrogens (tertiary/aromatic N) is 3. The van der Waals surface area contributed by atoms with Crippen LogP contribution in [0.25, 0.3) is 0 Å². The van der Waals surface area contributed by atoms with Crippen LogP contribution in [0.3, 0.4) is 0 Å². The zero-order valence-electron chi connectivity index (χ0n) is 15.5. The zero-order valence-corrected chi connectivity index (χ0v) is 15.5. The molecule has 1 aliphatic heterocycles. The van der Waals surface area contributed by atoms with Gasteiger partial charge in [-0.3, -0.25) is 9.89 Å². The largest absolute Gasteiger partial charge is 0.357 e. The molecule has 1 atom stereocenters. The van der Waals surface area contributed by atoms with Crippen LogP contribution < -0.4 is 10.6 Å². The summed E-state index contributed by atoms with van der Waals surface area (Å²) in [5.74, 6) is 3.39. The third-order valence-corrected chi connectivity index (χ3v) is 4.45. The summed E-state index contributed by atoms with van der Waals surface area (Å²) in [4.78, 5) is 9.62. The fraction of sp³-hybridized carbons (Fsp3) is 0.550. The van der Waals surface area contributed by atoms with Crippen molar-refractivity contribution in [2.45, 2.75) is 19.4 Å². The highest BCUT2D eigenvalue weighted by Gasteiger charge is 2.25. The molecule has 0 radical (unpaired) electrons. The van der Waals surface area contributed by atoms with Crippen LogP contribution in [-0.2, 0) is 0 Å². The van der Waals surface area contributed by atoms with E-state index in [9.17, 15) is 0 Å². The van der Waals surface area contributed by atoms with Gasteiger partial charge in [-0.15, -0.1) is 6.42 Å². The van der Waals surface area contributed by atoms with Crippen LogP contribution in [0.4, 0.5) is 0 Å². The fourth-order valence-electron chi connectivity index (χ4n) is 3.16. The lowest BCUT2D eigenvalue weighted by molar-refractivity contribution is 0.0894. The van der Waals surface area contributed by atoms with Crippen molar-refractivity contribution < 1.29 is 0 Å². The van der Waals surface area contributed by atoms with Gasteiger partial charge in [0.1, 0.15) is 0 Å². The van der Waals surface area contributed by atoms with E-state index in [1.54, 1.807) is 0 Å². The third kappa shape index (κ3) is 6.41. The van der Waals surface area contributed by atoms with E-state index in [0.717, 1.165) is 51.6 Å². The summed E-state index contributed by atoms with van der Waals surface area (Å²) < 4.78 is 0. The number of likely N-dealkylation sites (N-methyl/N-ethyl adjacent to an activating group) is 1. The van der Waals surface area contributed by atoms with Crippen LogP contribution in [-0.4, -0.2) is 68.6 Å². The average Bonchev–Trinajstić information content (AvgIpc) is 2.64. The molecule has 2 N–H and O–H groups in total. The summed E-state index contributed by atoms with van der Waals surface area (Å²) in [6.45, 7) is 8.57. The van der Waals surface area contributed by atoms with Crippen molar-refractivity contribution in [3.8, 4) is 12.3 Å². The van der Waals surface area contributed by atoms with E-state index in [1.807, 2.05) is 0 Å². The molecule has 1 saturated heterocycles. The quantitative estimate of drug-likeness (QED) is 0.342. The Hall–Kier alpha value is -2.03. The first-order valence-corrected chi connectivity index (χ1v) is 9.17. The van der Waals surface area contributed by atoms with Gasteiger partial charge in [0.05, 0.1) is 6.54 Å². The summed E-state index contributed by atoms with van der Waals surface area (Å²) in [6.07, 6.45) is 6.34. The number of aliphatic imine (C=N–C) groups is 1. The first-order valence-electron chi connectivity index (χ1n) is 9.17. The molecule has 0 bridgehead atoms. The van der Waals surface area contributed by atoms with Gasteiger partial charge in [-0.05, 0) is 26.0 Å². The molecular formula is C20H31N5. The first-order chi connectivity index (χ1) is 12.2. The van der Waals surface area contributed by atoms with Gasteiger partial charge in [-0.25, -0.2) is 0 Å². The molecule has 0 aromatic heterocycles. The van der Waals surface area contributed by atoms with E-state index in [4.69, 9.17) is 6.42 Å². The molecule has 0 aliphatic carbocycles. The molecule has 25 heavy (non-hydrogen) atoms. The van der Waals surface area contributed by atoms with Crippen LogP contribution in [0.2, 0.25) is 0 Å². The highest BCUT2D eigenvalue weighted by molar-refractivity contribution is 5.79. The van der Waals surface area contributed by atoms with Crippen molar-refractivity contribution in [2.75, 3.05) is 52.9 Å². The predicted octanol–water partition coefficient (Wildman–Crippen LogP) is 1.55. The third-order valence-electron chi connectivity index (χ3n) is 4.45. The molecule has 1 heterocycles. The lowest BCUT2D eigenvalue weighted by atomic mass is 10.0. The molecule has 5 nitrogen and oxygen atoms in total. The Morgan fingerprint density at radius 1 is 1.28 bits per heavy atom. The van der Waals surface area contributed by atoms with E-state index in [2.05, 4.69) is 75.6 Å². The molecule has 0 amide bonds. The van der Waals surface area contributed by atoms with Crippen LogP contribution in [0.5, 0.6) is 0 Å². The van der Waals surface area contributed by atoms with Gasteiger partial charge in [0.25, 0.3) is 0 Å². The SMILES string of the molecule is C#CCNC(=NCCCN1CCN(C)CC1c1ccccc1)NCC. The molecule has 1 aromatic rings. The highest BCUT2D eigenvalue weighted by atomic mass is 15.3. The van der Waals surface area contributed by atoms with Crippen LogP contribution >= 0.6 is 0 Å². The van der Waals surface area contributed by atoms with Crippen LogP contribution in [0, 0.1) is 12.3 Å². The summed E-state index contributed by atoms with van der Waals surface area (Å²) in [5.41, 5.74) is 1.40. The molecule has 0 saturated carbocycles. The molecule has 0 spiro atoms. The van der Waals surface area contributed by atoms with Gasteiger partial charge >= 0.3 is 0 Å².